The summed E-state index contributed by atoms with van der Waals surface area (Å²) in [5.74, 6) is -0.338. The number of benzene rings is 1. The summed E-state index contributed by atoms with van der Waals surface area (Å²) in [6.45, 7) is 1.64. The van der Waals surface area contributed by atoms with Crippen molar-refractivity contribution in [2.45, 2.75) is 37.5 Å². The van der Waals surface area contributed by atoms with Gasteiger partial charge in [0.25, 0.3) is 0 Å². The van der Waals surface area contributed by atoms with Crippen molar-refractivity contribution in [3.63, 3.8) is 0 Å². The van der Waals surface area contributed by atoms with E-state index in [-0.39, 0.29) is 29.7 Å². The van der Waals surface area contributed by atoms with Crippen LogP contribution < -0.4 is 10.6 Å². The molecule has 0 unspecified atom stereocenters. The van der Waals surface area contributed by atoms with Crippen LogP contribution in [-0.4, -0.2) is 43.0 Å². The molecule has 1 saturated heterocycles. The van der Waals surface area contributed by atoms with Crippen LogP contribution in [0.3, 0.4) is 0 Å². The third-order valence-corrected chi connectivity index (χ3v) is 5.13. The van der Waals surface area contributed by atoms with Crippen molar-refractivity contribution >= 4 is 11.9 Å². The molecule has 3 rings (SSSR count). The summed E-state index contributed by atoms with van der Waals surface area (Å²) in [7, 11) is 0. The van der Waals surface area contributed by atoms with Crippen LogP contribution >= 0.6 is 0 Å². The number of nitrogens with zero attached hydrogens (tertiary/aromatic N) is 1. The third kappa shape index (κ3) is 3.52. The van der Waals surface area contributed by atoms with Gasteiger partial charge in [-0.25, -0.2) is 9.18 Å². The van der Waals surface area contributed by atoms with E-state index in [4.69, 9.17) is 0 Å². The maximum absolute atomic E-state index is 14.3. The predicted octanol–water partition coefficient (Wildman–Crippen LogP) is 2.17. The van der Waals surface area contributed by atoms with Crippen molar-refractivity contribution in [3.8, 4) is 0 Å². The molecule has 5 nitrogen and oxygen atoms in total. The van der Waals surface area contributed by atoms with Gasteiger partial charge in [0.05, 0.1) is 0 Å². The second-order valence-corrected chi connectivity index (χ2v) is 6.75. The second kappa shape index (κ2) is 7.20. The maximum atomic E-state index is 14.3. The molecule has 2 aliphatic rings. The van der Waals surface area contributed by atoms with Gasteiger partial charge in [0.2, 0.25) is 5.91 Å². The van der Waals surface area contributed by atoms with Crippen LogP contribution in [-0.2, 0) is 10.2 Å². The number of carbonyl (C=O) groups is 2. The highest BCUT2D eigenvalue weighted by Gasteiger charge is 2.38. The topological polar surface area (TPSA) is 61.4 Å². The first kappa shape index (κ1) is 16.7. The Morgan fingerprint density at radius 1 is 1.25 bits per heavy atom. The smallest absolute Gasteiger partial charge is 0.317 e. The summed E-state index contributed by atoms with van der Waals surface area (Å²) in [5, 5.41) is 5.71. The number of nitrogens with one attached hydrogen (secondary N) is 2. The quantitative estimate of drug-likeness (QED) is 0.890. The average molecular weight is 333 g/mol. The number of hydrogen-bond donors (Lipinski definition) is 2. The molecule has 1 heterocycles. The van der Waals surface area contributed by atoms with E-state index in [1.807, 2.05) is 12.1 Å². The minimum Gasteiger partial charge on any atom is -0.354 e. The number of carbonyl (C=O) groups excluding carboxylic acids is 2. The lowest BCUT2D eigenvalue weighted by Crippen LogP contribution is -2.47. The van der Waals surface area contributed by atoms with Gasteiger partial charge >= 0.3 is 6.03 Å². The van der Waals surface area contributed by atoms with Crippen LogP contribution in [0, 0.1) is 5.82 Å². The van der Waals surface area contributed by atoms with E-state index in [9.17, 15) is 14.0 Å². The Kier molecular flexibility index (Phi) is 5.02. The molecule has 2 N–H and O–H groups in total. The Hall–Kier alpha value is -2.11. The molecule has 130 valence electrons. The van der Waals surface area contributed by atoms with Crippen molar-refractivity contribution in [3.05, 3.63) is 35.6 Å². The van der Waals surface area contributed by atoms with Crippen molar-refractivity contribution in [1.29, 1.82) is 0 Å². The van der Waals surface area contributed by atoms with Crippen molar-refractivity contribution in [1.82, 2.24) is 15.5 Å². The van der Waals surface area contributed by atoms with Gasteiger partial charge in [-0.2, -0.15) is 0 Å². The fraction of sp³-hybridized carbons (Fsp3) is 0.556. The zero-order valence-corrected chi connectivity index (χ0v) is 13.8. The third-order valence-electron chi connectivity index (χ3n) is 5.13. The molecular weight excluding hydrogens is 309 g/mol. The van der Waals surface area contributed by atoms with E-state index in [1.165, 1.54) is 11.0 Å². The Bertz CT molecular complexity index is 614. The van der Waals surface area contributed by atoms with E-state index in [1.54, 1.807) is 6.07 Å². The molecule has 1 saturated carbocycles. The lowest BCUT2D eigenvalue weighted by atomic mass is 9.78. The molecule has 0 atom stereocenters. The van der Waals surface area contributed by atoms with Gasteiger partial charge in [-0.05, 0) is 30.9 Å². The SMILES string of the molecule is O=C1CN(C(=O)NCC2(c3ccccc3F)CCCC2)CCCN1. The highest BCUT2D eigenvalue weighted by Crippen LogP contribution is 2.41. The van der Waals surface area contributed by atoms with Crippen molar-refractivity contribution in [2.24, 2.45) is 0 Å². The van der Waals surface area contributed by atoms with Crippen LogP contribution in [0.4, 0.5) is 9.18 Å². The van der Waals surface area contributed by atoms with Gasteiger partial charge in [0, 0.05) is 25.0 Å². The molecule has 2 fully saturated rings. The fourth-order valence-corrected chi connectivity index (χ4v) is 3.82. The summed E-state index contributed by atoms with van der Waals surface area (Å²) >= 11 is 0. The lowest BCUT2D eigenvalue weighted by Gasteiger charge is -2.31. The van der Waals surface area contributed by atoms with Gasteiger partial charge in [0.1, 0.15) is 12.4 Å². The van der Waals surface area contributed by atoms with Crippen LogP contribution in [0.5, 0.6) is 0 Å². The molecular formula is C18H24FN3O2. The largest absolute Gasteiger partial charge is 0.354 e. The summed E-state index contributed by atoms with van der Waals surface area (Å²) in [6.07, 6.45) is 4.56. The monoisotopic (exact) mass is 333 g/mol. The molecule has 24 heavy (non-hydrogen) atoms. The minimum atomic E-state index is -0.338. The normalized spacial score (nSPS) is 20.4. The predicted molar refractivity (Wildman–Crippen MR) is 89.1 cm³/mol. The van der Waals surface area contributed by atoms with E-state index in [0.717, 1.165) is 32.1 Å². The first-order chi connectivity index (χ1) is 11.6. The number of halogens is 1. The Morgan fingerprint density at radius 2 is 2.00 bits per heavy atom. The summed E-state index contributed by atoms with van der Waals surface area (Å²) < 4.78 is 14.3. The molecule has 1 aromatic carbocycles. The zero-order chi connectivity index (χ0) is 17.0. The number of hydrogen-bond acceptors (Lipinski definition) is 2. The molecule has 1 aliphatic carbocycles. The van der Waals surface area contributed by atoms with Crippen LogP contribution in [0.25, 0.3) is 0 Å². The minimum absolute atomic E-state index is 0.0819. The Morgan fingerprint density at radius 3 is 2.75 bits per heavy atom. The number of rotatable bonds is 3. The molecule has 0 aromatic heterocycles. The zero-order valence-electron chi connectivity index (χ0n) is 13.8. The van der Waals surface area contributed by atoms with E-state index >= 15 is 0 Å². The van der Waals surface area contributed by atoms with E-state index in [2.05, 4.69) is 10.6 Å². The summed E-state index contributed by atoms with van der Waals surface area (Å²) in [6, 6.07) is 6.60. The van der Waals surface area contributed by atoms with Gasteiger partial charge in [-0.3, -0.25) is 4.79 Å². The van der Waals surface area contributed by atoms with Gasteiger partial charge < -0.3 is 15.5 Å². The van der Waals surface area contributed by atoms with Crippen molar-refractivity contribution in [2.75, 3.05) is 26.2 Å². The highest BCUT2D eigenvalue weighted by atomic mass is 19.1. The highest BCUT2D eigenvalue weighted by molar-refractivity contribution is 5.84. The average Bonchev–Trinajstić information content (AvgIpc) is 2.95. The maximum Gasteiger partial charge on any atom is 0.317 e. The van der Waals surface area contributed by atoms with Gasteiger partial charge in [-0.1, -0.05) is 31.0 Å². The van der Waals surface area contributed by atoms with Crippen LogP contribution in [0.15, 0.2) is 24.3 Å². The lowest BCUT2D eigenvalue weighted by molar-refractivity contribution is -0.121. The Labute approximate surface area is 141 Å². The first-order valence-electron chi connectivity index (χ1n) is 8.65. The molecule has 3 amide bonds. The number of urea groups is 1. The Balaban J connectivity index is 1.69. The molecule has 0 bridgehead atoms. The summed E-state index contributed by atoms with van der Waals surface area (Å²) in [5.41, 5.74) is 0.353. The van der Waals surface area contributed by atoms with Gasteiger partial charge in [0.15, 0.2) is 0 Å². The van der Waals surface area contributed by atoms with Crippen molar-refractivity contribution < 1.29 is 14.0 Å². The van der Waals surface area contributed by atoms with Crippen LogP contribution in [0.1, 0.15) is 37.7 Å². The fourth-order valence-electron chi connectivity index (χ4n) is 3.82. The molecule has 0 radical (unpaired) electrons. The molecule has 1 aromatic rings. The number of amides is 3. The van der Waals surface area contributed by atoms with E-state index < -0.39 is 0 Å². The van der Waals surface area contributed by atoms with Crippen LogP contribution in [0.2, 0.25) is 0 Å². The first-order valence-corrected chi connectivity index (χ1v) is 8.65. The standard InChI is InChI=1S/C18H24FN3O2/c19-15-7-2-1-6-14(15)18(8-3-4-9-18)13-21-17(24)22-11-5-10-20-16(23)12-22/h1-2,6-7H,3-5,8-13H2,(H,20,23)(H,21,24). The molecule has 0 spiro atoms. The molecule has 6 heteroatoms. The van der Waals surface area contributed by atoms with E-state index in [0.29, 0.717) is 25.2 Å². The van der Waals surface area contributed by atoms with Gasteiger partial charge in [-0.15, -0.1) is 0 Å². The molecule has 1 aliphatic heterocycles. The second-order valence-electron chi connectivity index (χ2n) is 6.75. The summed E-state index contributed by atoms with van der Waals surface area (Å²) in [4.78, 5) is 25.6.